The van der Waals surface area contributed by atoms with Crippen molar-refractivity contribution in [1.82, 2.24) is 0 Å². The van der Waals surface area contributed by atoms with Crippen molar-refractivity contribution >= 4 is 34.5 Å². The van der Waals surface area contributed by atoms with Gasteiger partial charge in [0.1, 0.15) is 5.75 Å². The molecule has 1 unspecified atom stereocenters. The zero-order valence-corrected chi connectivity index (χ0v) is 12.8. The van der Waals surface area contributed by atoms with E-state index in [0.29, 0.717) is 11.4 Å². The topological polar surface area (TPSA) is 38.3 Å². The van der Waals surface area contributed by atoms with Crippen molar-refractivity contribution in [3.63, 3.8) is 0 Å². The van der Waals surface area contributed by atoms with Crippen LogP contribution in [0.1, 0.15) is 26.3 Å². The van der Waals surface area contributed by atoms with Gasteiger partial charge in [-0.15, -0.1) is 22.9 Å². The zero-order chi connectivity index (χ0) is 14.3. The van der Waals surface area contributed by atoms with Gasteiger partial charge in [-0.05, 0) is 43.2 Å². The third-order valence-corrected chi connectivity index (χ3v) is 5.20. The van der Waals surface area contributed by atoms with Crippen molar-refractivity contribution in [3.8, 4) is 5.75 Å². The molecule has 1 atom stereocenters. The Morgan fingerprint density at radius 2 is 2.15 bits per heavy atom. The van der Waals surface area contributed by atoms with Crippen LogP contribution >= 0.6 is 22.9 Å². The van der Waals surface area contributed by atoms with Crippen molar-refractivity contribution in [2.45, 2.75) is 19.2 Å². The summed E-state index contributed by atoms with van der Waals surface area (Å²) in [5.41, 5.74) is 2.90. The minimum Gasteiger partial charge on any atom is -0.482 e. The second-order valence-corrected chi connectivity index (χ2v) is 6.57. The number of aryl methyl sites for hydroxylation is 2. The maximum atomic E-state index is 11.4. The van der Waals surface area contributed by atoms with E-state index in [1.807, 2.05) is 18.2 Å². The molecule has 20 heavy (non-hydrogen) atoms. The molecule has 1 aromatic heterocycles. The number of benzene rings is 1. The molecule has 3 rings (SSSR count). The molecule has 3 nitrogen and oxygen atoms in total. The van der Waals surface area contributed by atoms with Gasteiger partial charge in [-0.25, -0.2) is 0 Å². The first kappa shape index (κ1) is 13.5. The molecular formula is C15H14ClNO2S. The van der Waals surface area contributed by atoms with Crippen molar-refractivity contribution in [2.24, 2.45) is 0 Å². The largest absolute Gasteiger partial charge is 0.482 e. The summed E-state index contributed by atoms with van der Waals surface area (Å²) in [7, 11) is 0. The van der Waals surface area contributed by atoms with Crippen LogP contribution in [0.4, 0.5) is 5.69 Å². The number of hydrogen-bond acceptors (Lipinski definition) is 3. The van der Waals surface area contributed by atoms with Gasteiger partial charge in [0.25, 0.3) is 5.91 Å². The minimum atomic E-state index is -0.212. The summed E-state index contributed by atoms with van der Waals surface area (Å²) < 4.78 is 5.35. The number of amides is 1. The maximum Gasteiger partial charge on any atom is 0.262 e. The van der Waals surface area contributed by atoms with E-state index < -0.39 is 0 Å². The predicted molar refractivity (Wildman–Crippen MR) is 82.1 cm³/mol. The number of hydrogen-bond donors (Lipinski definition) is 1. The van der Waals surface area contributed by atoms with Gasteiger partial charge in [-0.1, -0.05) is 6.07 Å². The molecule has 1 N–H and O–H groups in total. The fourth-order valence-electron chi connectivity index (χ4n) is 2.15. The van der Waals surface area contributed by atoms with E-state index >= 15 is 0 Å². The summed E-state index contributed by atoms with van der Waals surface area (Å²) in [6, 6.07) is 7.80. The molecule has 1 aliphatic heterocycles. The van der Waals surface area contributed by atoms with Crippen molar-refractivity contribution in [3.05, 3.63) is 45.1 Å². The molecule has 104 valence electrons. The first-order valence-corrected chi connectivity index (χ1v) is 7.57. The van der Waals surface area contributed by atoms with Crippen LogP contribution in [-0.4, -0.2) is 12.5 Å². The molecule has 2 heterocycles. The van der Waals surface area contributed by atoms with E-state index in [-0.39, 0.29) is 17.9 Å². The molecule has 1 aliphatic rings. The summed E-state index contributed by atoms with van der Waals surface area (Å²) in [5.74, 6) is 0.555. The standard InChI is InChI=1S/C15H14ClNO2S/c1-8-5-13(20-9(8)2)15(16)10-3-4-12-11(6-10)17-14(18)7-19-12/h3-6,15H,7H2,1-2H3,(H,17,18). The number of ether oxygens (including phenoxy) is 1. The highest BCUT2D eigenvalue weighted by Gasteiger charge is 2.20. The summed E-state index contributed by atoms with van der Waals surface area (Å²) in [5, 5.41) is 2.59. The summed E-state index contributed by atoms with van der Waals surface area (Å²) >= 11 is 8.26. The van der Waals surface area contributed by atoms with E-state index in [0.717, 1.165) is 10.4 Å². The van der Waals surface area contributed by atoms with E-state index in [1.165, 1.54) is 10.4 Å². The summed E-state index contributed by atoms with van der Waals surface area (Å²) in [6.45, 7) is 4.24. The van der Waals surface area contributed by atoms with Crippen LogP contribution in [-0.2, 0) is 4.79 Å². The van der Waals surface area contributed by atoms with Gasteiger partial charge in [0, 0.05) is 9.75 Å². The molecule has 1 amide bonds. The highest BCUT2D eigenvalue weighted by Crippen LogP contribution is 2.38. The van der Waals surface area contributed by atoms with E-state index in [2.05, 4.69) is 25.2 Å². The van der Waals surface area contributed by atoms with Crippen LogP contribution in [0.25, 0.3) is 0 Å². The monoisotopic (exact) mass is 307 g/mol. The molecule has 1 aromatic carbocycles. The number of nitrogens with one attached hydrogen (secondary N) is 1. The van der Waals surface area contributed by atoms with Gasteiger partial charge in [-0.3, -0.25) is 4.79 Å². The Bertz CT molecular complexity index is 661. The lowest BCUT2D eigenvalue weighted by Gasteiger charge is -2.19. The van der Waals surface area contributed by atoms with E-state index in [1.54, 1.807) is 11.3 Å². The number of carbonyl (C=O) groups excluding carboxylic acids is 1. The van der Waals surface area contributed by atoms with Crippen LogP contribution in [0.5, 0.6) is 5.75 Å². The Morgan fingerprint density at radius 1 is 1.35 bits per heavy atom. The van der Waals surface area contributed by atoms with Crippen molar-refractivity contribution in [1.29, 1.82) is 0 Å². The lowest BCUT2D eigenvalue weighted by atomic mass is 10.1. The normalized spacial score (nSPS) is 15.2. The SMILES string of the molecule is Cc1cc(C(Cl)c2ccc3c(c2)NC(=O)CO3)sc1C. The smallest absolute Gasteiger partial charge is 0.262 e. The van der Waals surface area contributed by atoms with Crippen molar-refractivity contribution < 1.29 is 9.53 Å². The molecule has 0 saturated heterocycles. The number of fused-ring (bicyclic) bond motifs is 1. The molecule has 0 spiro atoms. The zero-order valence-electron chi connectivity index (χ0n) is 11.2. The molecule has 0 bridgehead atoms. The molecule has 0 saturated carbocycles. The second-order valence-electron chi connectivity index (χ2n) is 4.84. The summed E-state index contributed by atoms with van der Waals surface area (Å²) in [6.07, 6.45) is 0. The number of anilines is 1. The number of carbonyl (C=O) groups is 1. The number of alkyl halides is 1. The number of thiophene rings is 1. The highest BCUT2D eigenvalue weighted by molar-refractivity contribution is 7.12. The van der Waals surface area contributed by atoms with E-state index in [9.17, 15) is 4.79 Å². The lowest BCUT2D eigenvalue weighted by molar-refractivity contribution is -0.118. The average molecular weight is 308 g/mol. The van der Waals surface area contributed by atoms with Crippen LogP contribution < -0.4 is 10.1 Å². The average Bonchev–Trinajstić information content (AvgIpc) is 2.77. The third-order valence-electron chi connectivity index (χ3n) is 3.36. The van der Waals surface area contributed by atoms with Gasteiger partial charge < -0.3 is 10.1 Å². The first-order valence-electron chi connectivity index (χ1n) is 6.32. The lowest BCUT2D eigenvalue weighted by Crippen LogP contribution is -2.25. The molecule has 0 aliphatic carbocycles. The Morgan fingerprint density at radius 3 is 2.85 bits per heavy atom. The Kier molecular flexibility index (Phi) is 3.44. The predicted octanol–water partition coefficient (Wildman–Crippen LogP) is 4.02. The molecular weight excluding hydrogens is 294 g/mol. The van der Waals surface area contributed by atoms with Crippen LogP contribution in [0.15, 0.2) is 24.3 Å². The Labute approximate surface area is 126 Å². The fraction of sp³-hybridized carbons (Fsp3) is 0.267. The highest BCUT2D eigenvalue weighted by atomic mass is 35.5. The van der Waals surface area contributed by atoms with Gasteiger partial charge in [0.2, 0.25) is 0 Å². The van der Waals surface area contributed by atoms with Gasteiger partial charge in [0.15, 0.2) is 6.61 Å². The Balaban J connectivity index is 1.94. The minimum absolute atomic E-state index is 0.0694. The van der Waals surface area contributed by atoms with Gasteiger partial charge >= 0.3 is 0 Å². The number of halogens is 1. The van der Waals surface area contributed by atoms with E-state index in [4.69, 9.17) is 16.3 Å². The number of rotatable bonds is 2. The molecule has 2 aromatic rings. The quantitative estimate of drug-likeness (QED) is 0.851. The molecule has 5 heteroatoms. The van der Waals surface area contributed by atoms with Crippen molar-refractivity contribution in [2.75, 3.05) is 11.9 Å². The maximum absolute atomic E-state index is 11.4. The molecule has 0 radical (unpaired) electrons. The van der Waals surface area contributed by atoms with Crippen LogP contribution in [0, 0.1) is 13.8 Å². The molecule has 0 fully saturated rings. The first-order chi connectivity index (χ1) is 9.54. The Hall–Kier alpha value is -1.52. The van der Waals surface area contributed by atoms with Gasteiger partial charge in [0.05, 0.1) is 11.1 Å². The summed E-state index contributed by atoms with van der Waals surface area (Å²) in [4.78, 5) is 13.8. The van der Waals surface area contributed by atoms with Crippen LogP contribution in [0.3, 0.4) is 0 Å². The third kappa shape index (κ3) is 2.41. The van der Waals surface area contributed by atoms with Crippen LogP contribution in [0.2, 0.25) is 0 Å². The fourth-order valence-corrected chi connectivity index (χ4v) is 3.53. The second kappa shape index (κ2) is 5.11. The van der Waals surface area contributed by atoms with Gasteiger partial charge in [-0.2, -0.15) is 0 Å².